The zero-order valence-corrected chi connectivity index (χ0v) is 15.7. The number of fused-ring (bicyclic) bond motifs is 1. The van der Waals surface area contributed by atoms with E-state index in [1.807, 2.05) is 41.3 Å². The van der Waals surface area contributed by atoms with Crippen LogP contribution in [-0.2, 0) is 17.8 Å². The number of nitrogens with one attached hydrogen (secondary N) is 1. The fourth-order valence-electron chi connectivity index (χ4n) is 3.25. The molecule has 3 aromatic rings. The van der Waals surface area contributed by atoms with Crippen molar-refractivity contribution in [3.63, 3.8) is 0 Å². The number of nitrogens with zero attached hydrogens (tertiary/aromatic N) is 5. The molecule has 3 heterocycles. The van der Waals surface area contributed by atoms with Gasteiger partial charge in [-0.3, -0.25) is 4.79 Å². The zero-order chi connectivity index (χ0) is 18.6. The molecule has 0 unspecified atom stereocenters. The van der Waals surface area contributed by atoms with E-state index in [0.29, 0.717) is 36.7 Å². The van der Waals surface area contributed by atoms with Crippen molar-refractivity contribution >= 4 is 29.0 Å². The van der Waals surface area contributed by atoms with E-state index in [0.717, 1.165) is 36.5 Å². The normalized spacial score (nSPS) is 14.0. The molecule has 140 valence electrons. The summed E-state index contributed by atoms with van der Waals surface area (Å²) in [5, 5.41) is 16.9. The summed E-state index contributed by atoms with van der Waals surface area (Å²) in [5.41, 5.74) is 1.67. The van der Waals surface area contributed by atoms with Crippen LogP contribution < -0.4 is 5.32 Å². The first-order valence-electron chi connectivity index (χ1n) is 9.17. The van der Waals surface area contributed by atoms with Crippen molar-refractivity contribution in [1.29, 1.82) is 0 Å². The van der Waals surface area contributed by atoms with Gasteiger partial charge in [0.2, 0.25) is 5.91 Å². The highest BCUT2D eigenvalue weighted by atomic mass is 35.5. The Labute approximate surface area is 162 Å². The maximum atomic E-state index is 12.3. The second-order valence-electron chi connectivity index (χ2n) is 6.64. The van der Waals surface area contributed by atoms with Crippen LogP contribution in [0.5, 0.6) is 0 Å². The number of likely N-dealkylation sites (tertiary alicyclic amines) is 1. The van der Waals surface area contributed by atoms with Crippen LogP contribution in [0.1, 0.15) is 30.7 Å². The summed E-state index contributed by atoms with van der Waals surface area (Å²) in [6.45, 7) is 2.31. The van der Waals surface area contributed by atoms with Crippen LogP contribution in [0.2, 0.25) is 5.02 Å². The molecule has 0 saturated carbocycles. The Bertz CT molecular complexity index is 950. The van der Waals surface area contributed by atoms with Crippen molar-refractivity contribution in [1.82, 2.24) is 24.7 Å². The maximum absolute atomic E-state index is 12.3. The van der Waals surface area contributed by atoms with Crippen LogP contribution in [0.3, 0.4) is 0 Å². The lowest BCUT2D eigenvalue weighted by Crippen LogP contribution is -2.27. The van der Waals surface area contributed by atoms with Crippen molar-refractivity contribution in [3.05, 3.63) is 52.8 Å². The number of aromatic nitrogens is 4. The molecule has 0 spiro atoms. The van der Waals surface area contributed by atoms with E-state index >= 15 is 0 Å². The Balaban J connectivity index is 1.44. The van der Waals surface area contributed by atoms with Gasteiger partial charge < -0.3 is 10.2 Å². The van der Waals surface area contributed by atoms with Crippen LogP contribution in [0, 0.1) is 0 Å². The standard InChI is InChI=1S/C19H21ClN6O/c20-15-6-2-1-5-14(15)13-21-16-7-8-17-22-23-18(26(17)24-16)9-10-19(27)25-11-3-4-12-25/h1-2,5-8H,3-4,9-13H2,(H,21,24). The molecule has 1 fully saturated rings. The van der Waals surface area contributed by atoms with Gasteiger partial charge in [-0.2, -0.15) is 4.52 Å². The van der Waals surface area contributed by atoms with E-state index in [9.17, 15) is 4.79 Å². The maximum Gasteiger partial charge on any atom is 0.223 e. The smallest absolute Gasteiger partial charge is 0.223 e. The molecule has 1 saturated heterocycles. The van der Waals surface area contributed by atoms with E-state index in [-0.39, 0.29) is 5.91 Å². The molecule has 1 N–H and O–H groups in total. The fraction of sp³-hybridized carbons (Fsp3) is 0.368. The zero-order valence-electron chi connectivity index (χ0n) is 14.9. The minimum atomic E-state index is 0.178. The van der Waals surface area contributed by atoms with E-state index in [4.69, 9.17) is 11.6 Å². The number of hydrogen-bond donors (Lipinski definition) is 1. The number of benzene rings is 1. The molecule has 4 rings (SSSR count). The number of carbonyl (C=O) groups is 1. The van der Waals surface area contributed by atoms with Gasteiger partial charge in [0.05, 0.1) is 0 Å². The van der Waals surface area contributed by atoms with Gasteiger partial charge in [-0.15, -0.1) is 15.3 Å². The minimum Gasteiger partial charge on any atom is -0.364 e. The summed E-state index contributed by atoms with van der Waals surface area (Å²) < 4.78 is 1.70. The number of rotatable bonds is 6. The second-order valence-corrected chi connectivity index (χ2v) is 7.04. The largest absolute Gasteiger partial charge is 0.364 e. The third kappa shape index (κ3) is 4.03. The first-order chi connectivity index (χ1) is 13.2. The Morgan fingerprint density at radius 3 is 2.74 bits per heavy atom. The number of aryl methyl sites for hydroxylation is 1. The average Bonchev–Trinajstić information content (AvgIpc) is 3.35. The van der Waals surface area contributed by atoms with Crippen LogP contribution >= 0.6 is 11.6 Å². The van der Waals surface area contributed by atoms with Crippen molar-refractivity contribution in [3.8, 4) is 0 Å². The van der Waals surface area contributed by atoms with Gasteiger partial charge in [-0.1, -0.05) is 29.8 Å². The predicted octanol–water partition coefficient (Wildman–Crippen LogP) is 2.94. The molecular formula is C19H21ClN6O. The number of carbonyl (C=O) groups excluding carboxylic acids is 1. The molecule has 1 amide bonds. The fourth-order valence-corrected chi connectivity index (χ4v) is 3.46. The Kier molecular flexibility index (Phi) is 5.20. The number of amides is 1. The second kappa shape index (κ2) is 7.92. The summed E-state index contributed by atoms with van der Waals surface area (Å²) in [4.78, 5) is 14.2. The number of anilines is 1. The van der Waals surface area contributed by atoms with Gasteiger partial charge in [-0.05, 0) is 36.6 Å². The summed E-state index contributed by atoms with van der Waals surface area (Å²) in [6.07, 6.45) is 3.15. The predicted molar refractivity (Wildman–Crippen MR) is 104 cm³/mol. The summed E-state index contributed by atoms with van der Waals surface area (Å²) >= 11 is 6.20. The van der Waals surface area contributed by atoms with Crippen molar-refractivity contribution in [2.45, 2.75) is 32.2 Å². The monoisotopic (exact) mass is 384 g/mol. The highest BCUT2D eigenvalue weighted by molar-refractivity contribution is 6.31. The van der Waals surface area contributed by atoms with E-state index in [1.54, 1.807) is 4.52 Å². The van der Waals surface area contributed by atoms with Crippen LogP contribution in [0.25, 0.3) is 5.65 Å². The summed E-state index contributed by atoms with van der Waals surface area (Å²) in [6, 6.07) is 11.4. The molecule has 0 bridgehead atoms. The van der Waals surface area contributed by atoms with Gasteiger partial charge >= 0.3 is 0 Å². The first kappa shape index (κ1) is 17.7. The molecule has 8 heteroatoms. The highest BCUT2D eigenvalue weighted by Crippen LogP contribution is 2.17. The molecule has 0 radical (unpaired) electrons. The third-order valence-corrected chi connectivity index (χ3v) is 5.14. The lowest BCUT2D eigenvalue weighted by molar-refractivity contribution is -0.130. The topological polar surface area (TPSA) is 75.4 Å². The molecule has 2 aromatic heterocycles. The van der Waals surface area contributed by atoms with Crippen molar-refractivity contribution < 1.29 is 4.79 Å². The molecule has 27 heavy (non-hydrogen) atoms. The molecule has 7 nitrogen and oxygen atoms in total. The summed E-state index contributed by atoms with van der Waals surface area (Å²) in [7, 11) is 0. The molecule has 1 aliphatic rings. The van der Waals surface area contributed by atoms with E-state index in [2.05, 4.69) is 20.6 Å². The van der Waals surface area contributed by atoms with E-state index in [1.165, 1.54) is 0 Å². The average molecular weight is 385 g/mol. The molecular weight excluding hydrogens is 364 g/mol. The highest BCUT2D eigenvalue weighted by Gasteiger charge is 2.18. The van der Waals surface area contributed by atoms with E-state index < -0.39 is 0 Å². The lowest BCUT2D eigenvalue weighted by Gasteiger charge is -2.14. The molecule has 1 aliphatic heterocycles. The van der Waals surface area contributed by atoms with Gasteiger partial charge in [0.1, 0.15) is 5.82 Å². The van der Waals surface area contributed by atoms with Crippen LogP contribution in [0.15, 0.2) is 36.4 Å². The summed E-state index contributed by atoms with van der Waals surface area (Å²) in [5.74, 6) is 1.57. The Hall–Kier alpha value is -2.67. The van der Waals surface area contributed by atoms with Crippen LogP contribution in [-0.4, -0.2) is 43.7 Å². The number of halogens is 1. The SMILES string of the molecule is O=C(CCc1nnc2ccc(NCc3ccccc3Cl)nn12)N1CCCC1. The van der Waals surface area contributed by atoms with Crippen molar-refractivity contribution in [2.24, 2.45) is 0 Å². The first-order valence-corrected chi connectivity index (χ1v) is 9.55. The van der Waals surface area contributed by atoms with Crippen molar-refractivity contribution in [2.75, 3.05) is 18.4 Å². The lowest BCUT2D eigenvalue weighted by atomic mass is 10.2. The minimum absolute atomic E-state index is 0.178. The molecule has 0 atom stereocenters. The Morgan fingerprint density at radius 1 is 1.11 bits per heavy atom. The number of hydrogen-bond acceptors (Lipinski definition) is 5. The van der Waals surface area contributed by atoms with Gasteiger partial charge in [-0.25, -0.2) is 0 Å². The van der Waals surface area contributed by atoms with Crippen LogP contribution in [0.4, 0.5) is 5.82 Å². The quantitative estimate of drug-likeness (QED) is 0.707. The molecule has 0 aliphatic carbocycles. The third-order valence-electron chi connectivity index (χ3n) is 4.77. The van der Waals surface area contributed by atoms with Gasteiger partial charge in [0.25, 0.3) is 0 Å². The van der Waals surface area contributed by atoms with Gasteiger partial charge in [0, 0.05) is 37.5 Å². The Morgan fingerprint density at radius 2 is 1.93 bits per heavy atom. The van der Waals surface area contributed by atoms with Gasteiger partial charge in [0.15, 0.2) is 11.5 Å². The molecule has 1 aromatic carbocycles.